The molecule has 3 atom stereocenters. The van der Waals surface area contributed by atoms with Crippen molar-refractivity contribution in [2.75, 3.05) is 6.54 Å². The van der Waals surface area contributed by atoms with E-state index in [1.54, 1.807) is 6.20 Å². The van der Waals surface area contributed by atoms with Gasteiger partial charge in [-0.3, -0.25) is 9.48 Å². The number of nitrogens with one attached hydrogen (secondary N) is 1. The lowest BCUT2D eigenvalue weighted by atomic mass is 9.83. The van der Waals surface area contributed by atoms with Crippen LogP contribution in [0.15, 0.2) is 18.5 Å². The van der Waals surface area contributed by atoms with Gasteiger partial charge >= 0.3 is 0 Å². The molecule has 6 nitrogen and oxygen atoms in total. The molecule has 124 valence electrons. The molecule has 0 aromatic carbocycles. The van der Waals surface area contributed by atoms with E-state index in [1.807, 2.05) is 16.9 Å². The maximum atomic E-state index is 12.2. The molecule has 2 aliphatic carbocycles. The number of rotatable bonds is 5. The van der Waals surface area contributed by atoms with Gasteiger partial charge in [0.25, 0.3) is 0 Å². The van der Waals surface area contributed by atoms with Crippen LogP contribution in [-0.2, 0) is 11.3 Å². The van der Waals surface area contributed by atoms with E-state index in [2.05, 4.69) is 10.4 Å². The average Bonchev–Trinajstić information content (AvgIpc) is 3.04. The summed E-state index contributed by atoms with van der Waals surface area (Å²) in [6.07, 6.45) is 7.43. The van der Waals surface area contributed by atoms with Crippen molar-refractivity contribution in [3.63, 3.8) is 0 Å². The predicted octanol–water partition coefficient (Wildman–Crippen LogP) is 0.690. The minimum absolute atomic E-state index is 0. The van der Waals surface area contributed by atoms with Crippen molar-refractivity contribution in [2.45, 2.75) is 50.8 Å². The van der Waals surface area contributed by atoms with E-state index in [9.17, 15) is 9.90 Å². The molecule has 0 unspecified atom stereocenters. The first kappa shape index (κ1) is 17.2. The molecule has 0 spiro atoms. The highest BCUT2D eigenvalue weighted by atomic mass is 35.5. The Hall–Kier alpha value is -1.11. The molecular weight excluding hydrogens is 304 g/mol. The maximum Gasteiger partial charge on any atom is 0.223 e. The van der Waals surface area contributed by atoms with Gasteiger partial charge in [-0.15, -0.1) is 12.4 Å². The molecule has 0 aliphatic heterocycles. The molecule has 7 heteroatoms. The van der Waals surface area contributed by atoms with Crippen LogP contribution < -0.4 is 11.1 Å². The fourth-order valence-electron chi connectivity index (χ4n) is 3.13. The summed E-state index contributed by atoms with van der Waals surface area (Å²) < 4.78 is 1.93. The van der Waals surface area contributed by atoms with E-state index in [1.165, 1.54) is 0 Å². The van der Waals surface area contributed by atoms with E-state index in [0.29, 0.717) is 13.0 Å². The molecule has 1 amide bonds. The van der Waals surface area contributed by atoms with Gasteiger partial charge in [-0.1, -0.05) is 0 Å². The van der Waals surface area contributed by atoms with Crippen LogP contribution in [0.4, 0.5) is 0 Å². The zero-order chi connectivity index (χ0) is 14.9. The lowest BCUT2D eigenvalue weighted by Gasteiger charge is -2.30. The minimum Gasteiger partial charge on any atom is -0.391 e. The van der Waals surface area contributed by atoms with Crippen LogP contribution in [0, 0.1) is 11.3 Å². The standard InChI is InChI=1S/C15H24N4O2.ClH/c16-12-3-2-11(8-13(12)20)14(21)17-9-15(4-5-15)10-19-7-1-6-18-19;/h1,6-7,11-13,20H,2-5,8-10,16H2,(H,17,21);1H/t11-,12-,13-;/m0./s1. The number of carbonyl (C=O) groups is 1. The van der Waals surface area contributed by atoms with Gasteiger partial charge in [-0.25, -0.2) is 0 Å². The first-order valence-electron chi connectivity index (χ1n) is 7.77. The zero-order valence-electron chi connectivity index (χ0n) is 12.6. The summed E-state index contributed by atoms with van der Waals surface area (Å²) in [5.41, 5.74) is 5.95. The number of amides is 1. The molecule has 2 saturated carbocycles. The second kappa shape index (κ2) is 6.98. The molecular formula is C15H25ClN4O2. The maximum absolute atomic E-state index is 12.2. The van der Waals surface area contributed by atoms with Crippen LogP contribution >= 0.6 is 12.4 Å². The Balaban J connectivity index is 0.00000176. The lowest BCUT2D eigenvalue weighted by Crippen LogP contribution is -2.45. The highest BCUT2D eigenvalue weighted by Crippen LogP contribution is 2.46. The van der Waals surface area contributed by atoms with Crippen molar-refractivity contribution >= 4 is 18.3 Å². The Bertz CT molecular complexity index is 490. The number of nitrogens with zero attached hydrogens (tertiary/aromatic N) is 2. The molecule has 2 fully saturated rings. The highest BCUT2D eigenvalue weighted by molar-refractivity contribution is 5.85. The van der Waals surface area contributed by atoms with Crippen LogP contribution in [-0.4, -0.2) is 39.5 Å². The summed E-state index contributed by atoms with van der Waals surface area (Å²) in [5.74, 6) is -0.0343. The monoisotopic (exact) mass is 328 g/mol. The van der Waals surface area contributed by atoms with Crippen molar-refractivity contribution in [3.8, 4) is 0 Å². The minimum atomic E-state index is -0.548. The lowest BCUT2D eigenvalue weighted by molar-refractivity contribution is -0.127. The number of carbonyl (C=O) groups excluding carboxylic acids is 1. The van der Waals surface area contributed by atoms with E-state index in [0.717, 1.165) is 32.2 Å². The quantitative estimate of drug-likeness (QED) is 0.741. The third-order valence-corrected chi connectivity index (χ3v) is 4.89. The van der Waals surface area contributed by atoms with Gasteiger partial charge in [0.1, 0.15) is 0 Å². The number of hydrogen-bond acceptors (Lipinski definition) is 4. The topological polar surface area (TPSA) is 93.2 Å². The number of aliphatic hydroxyl groups excluding tert-OH is 1. The van der Waals surface area contributed by atoms with E-state index >= 15 is 0 Å². The first-order valence-corrected chi connectivity index (χ1v) is 7.77. The smallest absolute Gasteiger partial charge is 0.223 e. The van der Waals surface area contributed by atoms with Crippen molar-refractivity contribution in [2.24, 2.45) is 17.1 Å². The van der Waals surface area contributed by atoms with Crippen molar-refractivity contribution in [1.82, 2.24) is 15.1 Å². The van der Waals surface area contributed by atoms with E-state index < -0.39 is 6.10 Å². The number of hydrogen-bond donors (Lipinski definition) is 3. The van der Waals surface area contributed by atoms with Gasteiger partial charge in [-0.2, -0.15) is 5.10 Å². The average molecular weight is 329 g/mol. The van der Waals surface area contributed by atoms with Gasteiger partial charge in [0, 0.05) is 42.9 Å². The molecule has 2 aliphatic rings. The normalized spacial score (nSPS) is 29.5. The Morgan fingerprint density at radius 2 is 2.23 bits per heavy atom. The Morgan fingerprint density at radius 3 is 2.82 bits per heavy atom. The number of nitrogens with two attached hydrogens (primary N) is 1. The zero-order valence-corrected chi connectivity index (χ0v) is 13.5. The summed E-state index contributed by atoms with van der Waals surface area (Å²) in [6, 6.07) is 1.74. The third-order valence-electron chi connectivity index (χ3n) is 4.89. The van der Waals surface area contributed by atoms with Crippen molar-refractivity contribution < 1.29 is 9.90 Å². The molecule has 0 bridgehead atoms. The second-order valence-electron chi connectivity index (χ2n) is 6.66. The van der Waals surface area contributed by atoms with Gasteiger partial charge < -0.3 is 16.2 Å². The Morgan fingerprint density at radius 1 is 1.45 bits per heavy atom. The number of halogens is 1. The number of aliphatic hydroxyl groups is 1. The number of aromatic nitrogens is 2. The van der Waals surface area contributed by atoms with E-state index in [4.69, 9.17) is 5.73 Å². The van der Waals surface area contributed by atoms with Crippen molar-refractivity contribution in [1.29, 1.82) is 0 Å². The van der Waals surface area contributed by atoms with Crippen LogP contribution in [0.3, 0.4) is 0 Å². The Labute approximate surface area is 136 Å². The van der Waals surface area contributed by atoms with Crippen LogP contribution in [0.2, 0.25) is 0 Å². The summed E-state index contributed by atoms with van der Waals surface area (Å²) in [4.78, 5) is 12.2. The summed E-state index contributed by atoms with van der Waals surface area (Å²) in [7, 11) is 0. The molecule has 0 saturated heterocycles. The molecule has 1 aromatic heterocycles. The SMILES string of the molecule is Cl.N[C@H]1CC[C@H](C(=O)NCC2(Cn3cccn3)CC2)C[C@@H]1O. The highest BCUT2D eigenvalue weighted by Gasteiger charge is 2.43. The molecule has 1 aromatic rings. The first-order chi connectivity index (χ1) is 10.1. The fourth-order valence-corrected chi connectivity index (χ4v) is 3.13. The second-order valence-corrected chi connectivity index (χ2v) is 6.66. The molecule has 22 heavy (non-hydrogen) atoms. The van der Waals surface area contributed by atoms with Gasteiger partial charge in [0.05, 0.1) is 6.10 Å². The summed E-state index contributed by atoms with van der Waals surface area (Å²) in [6.45, 7) is 1.56. The molecule has 3 rings (SSSR count). The van der Waals surface area contributed by atoms with Gasteiger partial charge in [0.2, 0.25) is 5.91 Å². The Kier molecular flexibility index (Phi) is 5.47. The van der Waals surface area contributed by atoms with Crippen LogP contribution in [0.1, 0.15) is 32.1 Å². The van der Waals surface area contributed by atoms with Gasteiger partial charge in [-0.05, 0) is 38.2 Å². The van der Waals surface area contributed by atoms with Crippen molar-refractivity contribution in [3.05, 3.63) is 18.5 Å². The van der Waals surface area contributed by atoms with Gasteiger partial charge in [0.15, 0.2) is 0 Å². The summed E-state index contributed by atoms with van der Waals surface area (Å²) in [5, 5.41) is 17.1. The fraction of sp³-hybridized carbons (Fsp3) is 0.733. The predicted molar refractivity (Wildman–Crippen MR) is 85.5 cm³/mol. The summed E-state index contributed by atoms with van der Waals surface area (Å²) >= 11 is 0. The van der Waals surface area contributed by atoms with Crippen LogP contribution in [0.5, 0.6) is 0 Å². The molecule has 1 heterocycles. The third kappa shape index (κ3) is 4.00. The molecule has 0 radical (unpaired) electrons. The molecule has 4 N–H and O–H groups in total. The largest absolute Gasteiger partial charge is 0.391 e. The van der Waals surface area contributed by atoms with E-state index in [-0.39, 0.29) is 35.7 Å². The van der Waals surface area contributed by atoms with Crippen LogP contribution in [0.25, 0.3) is 0 Å².